The van der Waals surface area contributed by atoms with Gasteiger partial charge in [-0.1, -0.05) is 12.1 Å². The van der Waals surface area contributed by atoms with Crippen molar-refractivity contribution in [1.82, 2.24) is 10.2 Å². The molecule has 0 aromatic heterocycles. The van der Waals surface area contributed by atoms with Crippen LogP contribution in [0.1, 0.15) is 29.5 Å². The first kappa shape index (κ1) is 27.0. The van der Waals surface area contributed by atoms with Gasteiger partial charge in [0, 0.05) is 6.54 Å². The molecule has 1 N–H and O–H groups in total. The lowest BCUT2D eigenvalue weighted by Gasteiger charge is -2.31. The van der Waals surface area contributed by atoms with Crippen molar-refractivity contribution in [1.29, 1.82) is 0 Å². The van der Waals surface area contributed by atoms with Gasteiger partial charge in [-0.3, -0.25) is 14.7 Å². The maximum Gasteiger partial charge on any atom is 0.416 e. The molecule has 0 bridgehead atoms. The Hall–Kier alpha value is -2.09. The van der Waals surface area contributed by atoms with Crippen LogP contribution in [0, 0.1) is 5.92 Å². The Morgan fingerprint density at radius 1 is 1.11 bits per heavy atom. The van der Waals surface area contributed by atoms with E-state index < -0.39 is 23.5 Å². The number of benzene rings is 1. The highest BCUT2D eigenvalue weighted by atomic mass is 32.2. The van der Waals surface area contributed by atoms with Crippen molar-refractivity contribution in [3.8, 4) is 0 Å². The van der Waals surface area contributed by atoms with Crippen LogP contribution in [0.3, 0.4) is 0 Å². The van der Waals surface area contributed by atoms with Gasteiger partial charge in [-0.25, -0.2) is 0 Å². The van der Waals surface area contributed by atoms with E-state index in [1.54, 1.807) is 4.90 Å². The Morgan fingerprint density at radius 3 is 2.50 bits per heavy atom. The van der Waals surface area contributed by atoms with Crippen LogP contribution in [0.4, 0.5) is 31.1 Å². The van der Waals surface area contributed by atoms with Crippen LogP contribution in [0.5, 0.6) is 0 Å². The SMILES string of the molecule is O=C1NC(=NCC2COCCO2)C(=CC2CCN(Cc3ccc(C(F)(F)F)cc3C(F)(F)F)CC2)S1. The predicted molar refractivity (Wildman–Crippen MR) is 122 cm³/mol. The number of carbonyl (C=O) groups is 1. The second-order valence-electron chi connectivity index (χ2n) is 8.78. The molecule has 1 unspecified atom stereocenters. The molecule has 0 aliphatic carbocycles. The third-order valence-corrected chi connectivity index (χ3v) is 6.99. The number of nitrogens with one attached hydrogen (secondary N) is 1. The minimum atomic E-state index is -4.89. The zero-order valence-electron chi connectivity index (χ0n) is 19.1. The monoisotopic (exact) mass is 537 g/mol. The second-order valence-corrected chi connectivity index (χ2v) is 9.80. The number of rotatable bonds is 5. The van der Waals surface area contributed by atoms with E-state index in [2.05, 4.69) is 10.3 Å². The lowest BCUT2D eigenvalue weighted by atomic mass is 9.95. The van der Waals surface area contributed by atoms with Crippen molar-refractivity contribution < 1.29 is 40.6 Å². The molecule has 1 atom stereocenters. The molecule has 1 aromatic carbocycles. The van der Waals surface area contributed by atoms with Gasteiger partial charge in [-0.15, -0.1) is 0 Å². The number of hydrogen-bond donors (Lipinski definition) is 1. The number of thioether (sulfide) groups is 1. The molecular formula is C23H25F6N3O3S. The topological polar surface area (TPSA) is 63.2 Å². The highest BCUT2D eigenvalue weighted by Crippen LogP contribution is 2.38. The molecule has 1 aromatic rings. The number of aliphatic imine (C=N–C) groups is 1. The zero-order chi connectivity index (χ0) is 25.9. The fourth-order valence-corrected chi connectivity index (χ4v) is 5.10. The van der Waals surface area contributed by atoms with Crippen LogP contribution >= 0.6 is 11.8 Å². The van der Waals surface area contributed by atoms with Crippen molar-refractivity contribution >= 4 is 22.8 Å². The number of amides is 1. The van der Waals surface area contributed by atoms with Crippen molar-refractivity contribution in [2.45, 2.75) is 37.8 Å². The molecule has 13 heteroatoms. The lowest BCUT2D eigenvalue weighted by Crippen LogP contribution is -2.33. The van der Waals surface area contributed by atoms with Gasteiger partial charge in [0.15, 0.2) is 0 Å². The fourth-order valence-electron chi connectivity index (χ4n) is 4.28. The van der Waals surface area contributed by atoms with Gasteiger partial charge < -0.3 is 14.8 Å². The Kier molecular flexibility index (Phi) is 8.32. The summed E-state index contributed by atoms with van der Waals surface area (Å²) >= 11 is 1.04. The number of ether oxygens (including phenoxy) is 2. The van der Waals surface area contributed by atoms with E-state index in [0.29, 0.717) is 69.1 Å². The highest BCUT2D eigenvalue weighted by Gasteiger charge is 2.38. The molecule has 0 saturated carbocycles. The number of amidine groups is 1. The molecule has 0 radical (unpaired) electrons. The van der Waals surface area contributed by atoms with Crippen LogP contribution in [-0.2, 0) is 28.4 Å². The Labute approximate surface area is 208 Å². The summed E-state index contributed by atoms with van der Waals surface area (Å²) in [5.41, 5.74) is -2.76. The highest BCUT2D eigenvalue weighted by molar-refractivity contribution is 8.18. The molecule has 3 saturated heterocycles. The average molecular weight is 538 g/mol. The molecule has 198 valence electrons. The third-order valence-electron chi connectivity index (χ3n) is 6.15. The summed E-state index contributed by atoms with van der Waals surface area (Å²) in [7, 11) is 0. The number of hydrogen-bond acceptors (Lipinski definition) is 6. The van der Waals surface area contributed by atoms with Crippen molar-refractivity contribution in [3.63, 3.8) is 0 Å². The number of nitrogens with zero attached hydrogens (tertiary/aromatic N) is 2. The molecule has 1 amide bonds. The first-order valence-corrected chi connectivity index (χ1v) is 12.2. The van der Waals surface area contributed by atoms with E-state index in [1.165, 1.54) is 0 Å². The summed E-state index contributed by atoms with van der Waals surface area (Å²) < 4.78 is 90.0. The third kappa shape index (κ3) is 7.02. The summed E-state index contributed by atoms with van der Waals surface area (Å²) in [6, 6.07) is 1.78. The van der Waals surface area contributed by atoms with Crippen LogP contribution in [0.15, 0.2) is 34.2 Å². The van der Waals surface area contributed by atoms with Crippen LogP contribution in [-0.4, -0.2) is 61.5 Å². The van der Waals surface area contributed by atoms with Gasteiger partial charge in [0.2, 0.25) is 0 Å². The average Bonchev–Trinajstić information content (AvgIpc) is 3.17. The molecule has 4 rings (SSSR count). The summed E-state index contributed by atoms with van der Waals surface area (Å²) in [4.78, 5) is 18.9. The number of likely N-dealkylation sites (tertiary alicyclic amines) is 1. The van der Waals surface area contributed by atoms with E-state index in [0.717, 1.165) is 17.8 Å². The maximum absolute atomic E-state index is 13.5. The maximum atomic E-state index is 13.5. The first-order valence-electron chi connectivity index (χ1n) is 11.4. The van der Waals surface area contributed by atoms with Crippen LogP contribution in [0.2, 0.25) is 0 Å². The van der Waals surface area contributed by atoms with E-state index in [9.17, 15) is 31.1 Å². The van der Waals surface area contributed by atoms with Gasteiger partial charge in [-0.2, -0.15) is 26.3 Å². The molecule has 3 aliphatic rings. The number of halogens is 6. The Bertz CT molecular complexity index is 1010. The largest absolute Gasteiger partial charge is 0.416 e. The number of allylic oxidation sites excluding steroid dienone is 1. The summed E-state index contributed by atoms with van der Waals surface area (Å²) in [5.74, 6) is 0.562. The predicted octanol–water partition coefficient (Wildman–Crippen LogP) is 5.09. The molecule has 3 fully saturated rings. The fraction of sp³-hybridized carbons (Fsp3) is 0.565. The summed E-state index contributed by atoms with van der Waals surface area (Å²) in [6.07, 6.45) is -6.69. The number of carbonyl (C=O) groups excluding carboxylic acids is 1. The van der Waals surface area contributed by atoms with E-state index in [1.807, 2.05) is 6.08 Å². The summed E-state index contributed by atoms with van der Waals surface area (Å²) in [5, 5.41) is 2.49. The normalized spacial score (nSPS) is 25.1. The standard InChI is InChI=1S/C23H25F6N3O3S/c24-22(25,26)16-2-1-15(18(10-16)23(27,28)29)12-32-5-3-14(4-6-32)9-19-20(31-21(33)36-19)30-11-17-13-34-7-8-35-17/h1-2,9-10,14,17H,3-8,11-13H2,(H,30,31,33). The minimum Gasteiger partial charge on any atom is -0.376 e. The van der Waals surface area contributed by atoms with Crippen molar-refractivity contribution in [2.75, 3.05) is 39.5 Å². The number of piperidine rings is 1. The van der Waals surface area contributed by atoms with E-state index in [4.69, 9.17) is 9.47 Å². The molecular weight excluding hydrogens is 512 g/mol. The van der Waals surface area contributed by atoms with Gasteiger partial charge in [0.25, 0.3) is 5.24 Å². The Balaban J connectivity index is 1.38. The van der Waals surface area contributed by atoms with Gasteiger partial charge in [-0.05, 0) is 61.3 Å². The van der Waals surface area contributed by atoms with Crippen molar-refractivity contribution in [3.05, 3.63) is 45.9 Å². The van der Waals surface area contributed by atoms with Gasteiger partial charge >= 0.3 is 12.4 Å². The minimum absolute atomic E-state index is 0.0885. The first-order chi connectivity index (χ1) is 17.0. The molecule has 0 spiro atoms. The second kappa shape index (κ2) is 11.1. The molecule has 3 heterocycles. The van der Waals surface area contributed by atoms with Crippen LogP contribution < -0.4 is 5.32 Å². The Morgan fingerprint density at radius 2 is 1.86 bits per heavy atom. The lowest BCUT2D eigenvalue weighted by molar-refractivity contribution is -0.143. The van der Waals surface area contributed by atoms with E-state index >= 15 is 0 Å². The molecule has 3 aliphatic heterocycles. The molecule has 36 heavy (non-hydrogen) atoms. The smallest absolute Gasteiger partial charge is 0.376 e. The number of alkyl halides is 6. The summed E-state index contributed by atoms with van der Waals surface area (Å²) in [6.45, 7) is 2.66. The van der Waals surface area contributed by atoms with Gasteiger partial charge in [0.05, 0.1) is 42.4 Å². The van der Waals surface area contributed by atoms with Crippen LogP contribution in [0.25, 0.3) is 0 Å². The van der Waals surface area contributed by atoms with E-state index in [-0.39, 0.29) is 35.4 Å². The van der Waals surface area contributed by atoms with Crippen molar-refractivity contribution in [2.24, 2.45) is 10.9 Å². The molecule has 6 nitrogen and oxygen atoms in total. The zero-order valence-corrected chi connectivity index (χ0v) is 19.9. The quantitative estimate of drug-likeness (QED) is 0.531. The van der Waals surface area contributed by atoms with Gasteiger partial charge in [0.1, 0.15) is 11.9 Å².